The summed E-state index contributed by atoms with van der Waals surface area (Å²) in [4.78, 5) is 0. The van der Waals surface area contributed by atoms with Gasteiger partial charge in [0.25, 0.3) is 0 Å². The standard InChI is InChI=1S/C21H36O3Si/c1-15(2)25(16(3)4,17(5)6)24-19-12-20(22)21(13-19)23-14-18-10-8-7-9-11-18/h7-11,15-17,19-22H,12-14H2,1-6H3. The second-order valence-corrected chi connectivity index (χ2v) is 13.8. The van der Waals surface area contributed by atoms with E-state index in [1.54, 1.807) is 0 Å². The van der Waals surface area contributed by atoms with Gasteiger partial charge in [-0.15, -0.1) is 0 Å². The summed E-state index contributed by atoms with van der Waals surface area (Å²) in [5, 5.41) is 10.5. The molecule has 1 N–H and O–H groups in total. The van der Waals surface area contributed by atoms with E-state index in [4.69, 9.17) is 9.16 Å². The van der Waals surface area contributed by atoms with E-state index in [1.807, 2.05) is 18.2 Å². The zero-order valence-electron chi connectivity index (χ0n) is 16.7. The van der Waals surface area contributed by atoms with Crippen molar-refractivity contribution >= 4 is 8.32 Å². The molecule has 0 amide bonds. The third-order valence-electron chi connectivity index (χ3n) is 5.81. The van der Waals surface area contributed by atoms with Gasteiger partial charge in [0.05, 0.1) is 24.9 Å². The summed E-state index contributed by atoms with van der Waals surface area (Å²) in [7, 11) is -1.91. The fourth-order valence-corrected chi connectivity index (χ4v) is 10.3. The van der Waals surface area contributed by atoms with Crippen molar-refractivity contribution in [2.75, 3.05) is 0 Å². The van der Waals surface area contributed by atoms with Crippen LogP contribution < -0.4 is 0 Å². The molecule has 4 heteroatoms. The molecule has 0 heterocycles. The van der Waals surface area contributed by atoms with E-state index >= 15 is 0 Å². The molecule has 0 spiro atoms. The number of rotatable bonds is 8. The summed E-state index contributed by atoms with van der Waals surface area (Å²) < 4.78 is 12.8. The monoisotopic (exact) mass is 364 g/mol. The Morgan fingerprint density at radius 3 is 2.04 bits per heavy atom. The third-order valence-corrected chi connectivity index (χ3v) is 12.0. The molecule has 1 fully saturated rings. The Hall–Kier alpha value is -0.683. The highest BCUT2D eigenvalue weighted by Gasteiger charge is 2.48. The van der Waals surface area contributed by atoms with Crippen LogP contribution in [0, 0.1) is 0 Å². The van der Waals surface area contributed by atoms with Crippen LogP contribution in [0.5, 0.6) is 0 Å². The maximum Gasteiger partial charge on any atom is 0.200 e. The lowest BCUT2D eigenvalue weighted by Gasteiger charge is -2.44. The van der Waals surface area contributed by atoms with Crippen LogP contribution in [0.25, 0.3) is 0 Å². The topological polar surface area (TPSA) is 38.7 Å². The highest BCUT2D eigenvalue weighted by Crippen LogP contribution is 2.44. The molecule has 142 valence electrons. The third kappa shape index (κ3) is 4.73. The summed E-state index contributed by atoms with van der Waals surface area (Å²) in [6.07, 6.45) is 1.07. The second-order valence-electron chi connectivity index (χ2n) is 8.43. The first kappa shape index (κ1) is 20.6. The highest BCUT2D eigenvalue weighted by atomic mass is 28.4. The molecular weight excluding hydrogens is 328 g/mol. The van der Waals surface area contributed by atoms with Crippen molar-refractivity contribution in [2.24, 2.45) is 0 Å². The van der Waals surface area contributed by atoms with Gasteiger partial charge < -0.3 is 14.3 Å². The van der Waals surface area contributed by atoms with Crippen LogP contribution in [0.1, 0.15) is 59.9 Å². The van der Waals surface area contributed by atoms with E-state index in [0.29, 0.717) is 29.7 Å². The van der Waals surface area contributed by atoms with Gasteiger partial charge in [-0.05, 0) is 22.2 Å². The Balaban J connectivity index is 1.99. The molecule has 25 heavy (non-hydrogen) atoms. The largest absolute Gasteiger partial charge is 0.413 e. The Bertz CT molecular complexity index is 493. The molecule has 3 atom stereocenters. The Labute approximate surface area is 154 Å². The smallest absolute Gasteiger partial charge is 0.200 e. The zero-order chi connectivity index (χ0) is 18.6. The van der Waals surface area contributed by atoms with Crippen molar-refractivity contribution in [3.05, 3.63) is 35.9 Å². The summed E-state index contributed by atoms with van der Waals surface area (Å²) >= 11 is 0. The molecule has 3 nitrogen and oxygen atoms in total. The molecule has 0 aliphatic heterocycles. The fraction of sp³-hybridized carbons (Fsp3) is 0.714. The fourth-order valence-electron chi connectivity index (χ4n) is 4.68. The SMILES string of the molecule is CC(C)[Si](OC1CC(O)C(OCc2ccccc2)C1)(C(C)C)C(C)C. The number of aliphatic hydroxyl groups excluding tert-OH is 1. The van der Waals surface area contributed by atoms with Crippen molar-refractivity contribution in [2.45, 2.75) is 95.9 Å². The van der Waals surface area contributed by atoms with Gasteiger partial charge in [-0.3, -0.25) is 0 Å². The van der Waals surface area contributed by atoms with Gasteiger partial charge in [0, 0.05) is 12.8 Å². The van der Waals surface area contributed by atoms with Crippen molar-refractivity contribution in [3.63, 3.8) is 0 Å². The van der Waals surface area contributed by atoms with E-state index in [1.165, 1.54) is 0 Å². The van der Waals surface area contributed by atoms with Gasteiger partial charge in [0.1, 0.15) is 0 Å². The minimum Gasteiger partial charge on any atom is -0.413 e. The van der Waals surface area contributed by atoms with Crippen molar-refractivity contribution < 1.29 is 14.3 Å². The van der Waals surface area contributed by atoms with Crippen LogP contribution >= 0.6 is 0 Å². The average Bonchev–Trinajstić information content (AvgIpc) is 2.90. The second kappa shape index (κ2) is 8.80. The number of hydrogen-bond acceptors (Lipinski definition) is 3. The lowest BCUT2D eigenvalue weighted by molar-refractivity contribution is -0.0278. The van der Waals surface area contributed by atoms with Crippen LogP contribution in [0.2, 0.25) is 16.6 Å². The van der Waals surface area contributed by atoms with Crippen LogP contribution in [-0.4, -0.2) is 31.7 Å². The summed E-state index contributed by atoms with van der Waals surface area (Å²) in [5.74, 6) is 0. The van der Waals surface area contributed by atoms with Crippen LogP contribution in [-0.2, 0) is 15.8 Å². The predicted octanol–water partition coefficient (Wildman–Crippen LogP) is 5.29. The molecule has 1 aromatic rings. The van der Waals surface area contributed by atoms with E-state index in [0.717, 1.165) is 12.0 Å². The molecule has 1 saturated carbocycles. The summed E-state index contributed by atoms with van der Waals surface area (Å²) in [6, 6.07) is 10.2. The van der Waals surface area contributed by atoms with Crippen LogP contribution in [0.15, 0.2) is 30.3 Å². The molecule has 1 aliphatic carbocycles. The summed E-state index contributed by atoms with van der Waals surface area (Å²) in [5.41, 5.74) is 2.84. The van der Waals surface area contributed by atoms with Gasteiger partial charge in [0.15, 0.2) is 0 Å². The van der Waals surface area contributed by atoms with Gasteiger partial charge in [0.2, 0.25) is 8.32 Å². The number of benzene rings is 1. The molecule has 3 unspecified atom stereocenters. The quantitative estimate of drug-likeness (QED) is 0.637. The first-order valence-corrected chi connectivity index (χ1v) is 11.9. The average molecular weight is 365 g/mol. The lowest BCUT2D eigenvalue weighted by atomic mass is 10.2. The molecule has 0 saturated heterocycles. The van der Waals surface area contributed by atoms with Crippen molar-refractivity contribution in [1.29, 1.82) is 0 Å². The van der Waals surface area contributed by atoms with Crippen molar-refractivity contribution in [1.82, 2.24) is 0 Å². The number of hydrogen-bond donors (Lipinski definition) is 1. The zero-order valence-corrected chi connectivity index (χ0v) is 17.7. The lowest BCUT2D eigenvalue weighted by Crippen LogP contribution is -2.50. The predicted molar refractivity (Wildman–Crippen MR) is 106 cm³/mol. The maximum absolute atomic E-state index is 10.5. The van der Waals surface area contributed by atoms with Crippen LogP contribution in [0.4, 0.5) is 0 Å². The van der Waals surface area contributed by atoms with Crippen LogP contribution in [0.3, 0.4) is 0 Å². The Morgan fingerprint density at radius 1 is 0.960 bits per heavy atom. The van der Waals surface area contributed by atoms with E-state index in [-0.39, 0.29) is 12.2 Å². The van der Waals surface area contributed by atoms with Gasteiger partial charge in [-0.25, -0.2) is 0 Å². The minimum absolute atomic E-state index is 0.120. The molecule has 0 radical (unpaired) electrons. The molecule has 0 bridgehead atoms. The van der Waals surface area contributed by atoms with Gasteiger partial charge in [-0.2, -0.15) is 0 Å². The normalized spacial score (nSPS) is 24.6. The highest BCUT2D eigenvalue weighted by molar-refractivity contribution is 6.77. The molecular formula is C21H36O3Si. The number of ether oxygens (including phenoxy) is 1. The Kier molecular flexibility index (Phi) is 7.26. The Morgan fingerprint density at radius 2 is 1.52 bits per heavy atom. The van der Waals surface area contributed by atoms with E-state index in [9.17, 15) is 5.11 Å². The molecule has 0 aromatic heterocycles. The van der Waals surface area contributed by atoms with Crippen molar-refractivity contribution in [3.8, 4) is 0 Å². The van der Waals surface area contributed by atoms with E-state index < -0.39 is 14.4 Å². The van der Waals surface area contributed by atoms with E-state index in [2.05, 4.69) is 53.7 Å². The summed E-state index contributed by atoms with van der Waals surface area (Å²) in [6.45, 7) is 14.4. The first-order chi connectivity index (χ1) is 11.8. The minimum atomic E-state index is -1.91. The molecule has 1 aliphatic rings. The van der Waals surface area contributed by atoms with Gasteiger partial charge in [-0.1, -0.05) is 71.9 Å². The number of aliphatic hydroxyl groups is 1. The molecule has 2 rings (SSSR count). The first-order valence-electron chi connectivity index (χ1n) is 9.78. The maximum atomic E-state index is 10.5. The molecule has 1 aromatic carbocycles. The van der Waals surface area contributed by atoms with Gasteiger partial charge >= 0.3 is 0 Å².